The second kappa shape index (κ2) is 8.85. The Kier molecular flexibility index (Phi) is 6.55. The smallest absolute Gasteiger partial charge is 0.248 e. The van der Waals surface area contributed by atoms with E-state index in [9.17, 15) is 9.59 Å². The highest BCUT2D eigenvalue weighted by atomic mass is 16.5. The maximum atomic E-state index is 12.1. The minimum atomic E-state index is -0.243. The molecule has 0 atom stereocenters. The fourth-order valence-corrected chi connectivity index (χ4v) is 2.26. The summed E-state index contributed by atoms with van der Waals surface area (Å²) in [6, 6.07) is 12.8. The summed E-state index contributed by atoms with van der Waals surface area (Å²) < 4.78 is 5.30. The third-order valence-corrected chi connectivity index (χ3v) is 3.74. The van der Waals surface area contributed by atoms with Crippen LogP contribution in [0.1, 0.15) is 25.0 Å². The van der Waals surface area contributed by atoms with Crippen LogP contribution in [0.25, 0.3) is 6.08 Å². The van der Waals surface area contributed by atoms with Gasteiger partial charge in [0.15, 0.2) is 0 Å². The van der Waals surface area contributed by atoms with Crippen molar-refractivity contribution in [1.29, 1.82) is 0 Å². The quantitative estimate of drug-likeness (QED) is 0.764. The Morgan fingerprint density at radius 3 is 2.19 bits per heavy atom. The monoisotopic (exact) mass is 352 g/mol. The van der Waals surface area contributed by atoms with Crippen molar-refractivity contribution in [2.45, 2.75) is 20.8 Å². The number of aryl methyl sites for hydroxylation is 1. The maximum Gasteiger partial charge on any atom is 0.248 e. The largest absolute Gasteiger partial charge is 0.496 e. The van der Waals surface area contributed by atoms with E-state index >= 15 is 0 Å². The number of ether oxygens (including phenoxy) is 1. The summed E-state index contributed by atoms with van der Waals surface area (Å²) in [7, 11) is 1.60. The fourth-order valence-electron chi connectivity index (χ4n) is 2.26. The standard InChI is InChI=1S/C21H24N2O3/c1-14(2)21(25)23-18-9-7-17(8-10-18)22-20(24)12-6-16-13-15(3)5-11-19(16)26-4/h5-14H,1-4H3,(H,22,24)(H,23,25)/b12-6+. The molecule has 2 aromatic rings. The first kappa shape index (κ1) is 19.2. The highest BCUT2D eigenvalue weighted by Crippen LogP contribution is 2.21. The third kappa shape index (κ3) is 5.48. The number of anilines is 2. The van der Waals surface area contributed by atoms with E-state index in [0.29, 0.717) is 17.1 Å². The van der Waals surface area contributed by atoms with Gasteiger partial charge in [-0.05, 0) is 49.4 Å². The zero-order valence-corrected chi connectivity index (χ0v) is 15.5. The molecule has 0 saturated heterocycles. The summed E-state index contributed by atoms with van der Waals surface area (Å²) in [6.07, 6.45) is 3.18. The second-order valence-corrected chi connectivity index (χ2v) is 6.29. The van der Waals surface area contributed by atoms with Crippen molar-refractivity contribution in [3.8, 4) is 5.75 Å². The molecule has 2 rings (SSSR count). The molecule has 0 spiro atoms. The van der Waals surface area contributed by atoms with Crippen molar-refractivity contribution in [2.24, 2.45) is 5.92 Å². The molecule has 2 N–H and O–H groups in total. The first-order valence-corrected chi connectivity index (χ1v) is 8.43. The number of hydrogen-bond donors (Lipinski definition) is 2. The molecule has 0 unspecified atom stereocenters. The van der Waals surface area contributed by atoms with E-state index in [0.717, 1.165) is 11.1 Å². The number of methoxy groups -OCH3 is 1. The van der Waals surface area contributed by atoms with Crippen LogP contribution in [-0.2, 0) is 9.59 Å². The average Bonchev–Trinajstić information content (AvgIpc) is 2.61. The Morgan fingerprint density at radius 1 is 1.00 bits per heavy atom. The molecule has 0 fully saturated rings. The second-order valence-electron chi connectivity index (χ2n) is 6.29. The summed E-state index contributed by atoms with van der Waals surface area (Å²) in [5.74, 6) is 0.340. The van der Waals surface area contributed by atoms with Crippen molar-refractivity contribution in [2.75, 3.05) is 17.7 Å². The summed E-state index contributed by atoms with van der Waals surface area (Å²) >= 11 is 0. The molecule has 2 aromatic carbocycles. The van der Waals surface area contributed by atoms with Crippen molar-refractivity contribution >= 4 is 29.3 Å². The first-order valence-electron chi connectivity index (χ1n) is 8.43. The van der Waals surface area contributed by atoms with Gasteiger partial charge in [-0.2, -0.15) is 0 Å². The van der Waals surface area contributed by atoms with Crippen LogP contribution in [0.15, 0.2) is 48.5 Å². The van der Waals surface area contributed by atoms with Gasteiger partial charge < -0.3 is 15.4 Å². The van der Waals surface area contributed by atoms with Gasteiger partial charge in [-0.25, -0.2) is 0 Å². The van der Waals surface area contributed by atoms with E-state index in [2.05, 4.69) is 10.6 Å². The number of amides is 2. The number of nitrogens with one attached hydrogen (secondary N) is 2. The molecule has 0 aromatic heterocycles. The molecular formula is C21H24N2O3. The fraction of sp³-hybridized carbons (Fsp3) is 0.238. The number of hydrogen-bond acceptors (Lipinski definition) is 3. The lowest BCUT2D eigenvalue weighted by atomic mass is 10.1. The van der Waals surface area contributed by atoms with Gasteiger partial charge in [0, 0.05) is 28.9 Å². The molecule has 5 heteroatoms. The van der Waals surface area contributed by atoms with Gasteiger partial charge in [0.2, 0.25) is 11.8 Å². The van der Waals surface area contributed by atoms with Gasteiger partial charge in [-0.3, -0.25) is 9.59 Å². The Balaban J connectivity index is 1.99. The molecule has 26 heavy (non-hydrogen) atoms. The molecule has 0 heterocycles. The van der Waals surface area contributed by atoms with Gasteiger partial charge in [-0.15, -0.1) is 0 Å². The van der Waals surface area contributed by atoms with Crippen LogP contribution in [0.3, 0.4) is 0 Å². The number of carbonyl (C=O) groups is 2. The molecular weight excluding hydrogens is 328 g/mol. The maximum absolute atomic E-state index is 12.1. The van der Waals surface area contributed by atoms with E-state index in [-0.39, 0.29) is 17.7 Å². The van der Waals surface area contributed by atoms with E-state index in [1.165, 1.54) is 6.08 Å². The zero-order chi connectivity index (χ0) is 19.1. The number of carbonyl (C=O) groups excluding carboxylic acids is 2. The van der Waals surface area contributed by atoms with Crippen LogP contribution in [0.4, 0.5) is 11.4 Å². The van der Waals surface area contributed by atoms with Gasteiger partial charge in [-0.1, -0.05) is 25.5 Å². The lowest BCUT2D eigenvalue weighted by Gasteiger charge is -2.09. The summed E-state index contributed by atoms with van der Waals surface area (Å²) in [6.45, 7) is 5.65. The topological polar surface area (TPSA) is 67.4 Å². The minimum absolute atomic E-state index is 0.0446. The van der Waals surface area contributed by atoms with Crippen LogP contribution in [0.2, 0.25) is 0 Å². The van der Waals surface area contributed by atoms with Gasteiger partial charge in [0.05, 0.1) is 7.11 Å². The molecule has 0 radical (unpaired) electrons. The molecule has 2 amide bonds. The van der Waals surface area contributed by atoms with Crippen LogP contribution >= 0.6 is 0 Å². The zero-order valence-electron chi connectivity index (χ0n) is 15.5. The molecule has 0 saturated carbocycles. The normalized spacial score (nSPS) is 10.8. The Bertz CT molecular complexity index is 809. The van der Waals surface area contributed by atoms with E-state index < -0.39 is 0 Å². The Morgan fingerprint density at radius 2 is 1.62 bits per heavy atom. The molecule has 0 aliphatic carbocycles. The predicted molar refractivity (Wildman–Crippen MR) is 105 cm³/mol. The van der Waals surface area contributed by atoms with E-state index in [1.54, 1.807) is 37.5 Å². The van der Waals surface area contributed by atoms with Gasteiger partial charge in [0.25, 0.3) is 0 Å². The van der Waals surface area contributed by atoms with Crippen LogP contribution in [-0.4, -0.2) is 18.9 Å². The summed E-state index contributed by atoms with van der Waals surface area (Å²) in [5, 5.41) is 5.60. The number of rotatable bonds is 6. The highest BCUT2D eigenvalue weighted by Gasteiger charge is 2.07. The molecule has 0 aliphatic rings. The van der Waals surface area contributed by atoms with Crippen molar-refractivity contribution < 1.29 is 14.3 Å². The first-order chi connectivity index (χ1) is 12.4. The highest BCUT2D eigenvalue weighted by molar-refractivity contribution is 6.02. The Hall–Kier alpha value is -3.08. The molecule has 0 bridgehead atoms. The van der Waals surface area contributed by atoms with E-state index in [1.807, 2.05) is 39.0 Å². The van der Waals surface area contributed by atoms with Gasteiger partial charge in [0.1, 0.15) is 5.75 Å². The molecule has 0 aliphatic heterocycles. The van der Waals surface area contributed by atoms with Crippen molar-refractivity contribution in [3.05, 3.63) is 59.7 Å². The predicted octanol–water partition coefficient (Wildman–Crippen LogP) is 4.25. The van der Waals surface area contributed by atoms with Gasteiger partial charge >= 0.3 is 0 Å². The van der Waals surface area contributed by atoms with E-state index in [4.69, 9.17) is 4.74 Å². The van der Waals surface area contributed by atoms with Crippen LogP contribution in [0, 0.1) is 12.8 Å². The summed E-state index contributed by atoms with van der Waals surface area (Å²) in [4.78, 5) is 23.8. The van der Waals surface area contributed by atoms with Crippen LogP contribution in [0.5, 0.6) is 5.75 Å². The summed E-state index contributed by atoms with van der Waals surface area (Å²) in [5.41, 5.74) is 3.28. The minimum Gasteiger partial charge on any atom is -0.496 e. The number of benzene rings is 2. The lowest BCUT2D eigenvalue weighted by molar-refractivity contribution is -0.119. The molecule has 136 valence electrons. The average molecular weight is 352 g/mol. The van der Waals surface area contributed by atoms with Crippen molar-refractivity contribution in [1.82, 2.24) is 0 Å². The lowest BCUT2D eigenvalue weighted by Crippen LogP contribution is -2.17. The third-order valence-electron chi connectivity index (χ3n) is 3.74. The SMILES string of the molecule is COc1ccc(C)cc1/C=C/C(=O)Nc1ccc(NC(=O)C(C)C)cc1. The van der Waals surface area contributed by atoms with Crippen molar-refractivity contribution in [3.63, 3.8) is 0 Å². The van der Waals surface area contributed by atoms with Crippen LogP contribution < -0.4 is 15.4 Å². The molecule has 5 nitrogen and oxygen atoms in total. The Labute approximate surface area is 154 Å².